The van der Waals surface area contributed by atoms with Crippen LogP contribution in [0.5, 0.6) is 0 Å². The van der Waals surface area contributed by atoms with E-state index in [2.05, 4.69) is 103 Å². The summed E-state index contributed by atoms with van der Waals surface area (Å²) >= 11 is 7.02. The van der Waals surface area contributed by atoms with Crippen molar-refractivity contribution < 1.29 is 0 Å². The van der Waals surface area contributed by atoms with Gasteiger partial charge in [-0.25, -0.2) is 0 Å². The SMILES string of the molecule is CN1CCCN=C1NC(c1ccc(Br)cc1)c1ccc(Br)cc1. The Morgan fingerprint density at radius 1 is 0.957 bits per heavy atom. The third kappa shape index (κ3) is 4.15. The average molecular weight is 437 g/mol. The molecule has 5 heteroatoms. The highest BCUT2D eigenvalue weighted by molar-refractivity contribution is 9.10. The number of rotatable bonds is 3. The standard InChI is InChI=1S/C18H19Br2N3/c1-23-12-2-11-21-18(23)22-17(13-3-7-15(19)8-4-13)14-5-9-16(20)10-6-14/h3-10,17H,2,11-12H2,1H3,(H,21,22). The molecule has 1 heterocycles. The third-order valence-electron chi connectivity index (χ3n) is 3.95. The maximum Gasteiger partial charge on any atom is 0.194 e. The first kappa shape index (κ1) is 16.5. The van der Waals surface area contributed by atoms with Crippen molar-refractivity contribution in [1.29, 1.82) is 0 Å². The van der Waals surface area contributed by atoms with Crippen molar-refractivity contribution in [1.82, 2.24) is 10.2 Å². The lowest BCUT2D eigenvalue weighted by molar-refractivity contribution is 0.440. The van der Waals surface area contributed by atoms with Gasteiger partial charge in [0.25, 0.3) is 0 Å². The zero-order valence-electron chi connectivity index (χ0n) is 13.0. The minimum Gasteiger partial charge on any atom is -0.346 e. The van der Waals surface area contributed by atoms with Crippen molar-refractivity contribution >= 4 is 37.8 Å². The molecule has 1 N–H and O–H groups in total. The Morgan fingerprint density at radius 2 is 1.48 bits per heavy atom. The molecule has 0 spiro atoms. The summed E-state index contributed by atoms with van der Waals surface area (Å²) in [6, 6.07) is 17.0. The smallest absolute Gasteiger partial charge is 0.194 e. The molecule has 0 aromatic heterocycles. The summed E-state index contributed by atoms with van der Waals surface area (Å²) in [5.41, 5.74) is 2.44. The van der Waals surface area contributed by atoms with E-state index >= 15 is 0 Å². The topological polar surface area (TPSA) is 27.6 Å². The highest BCUT2D eigenvalue weighted by Gasteiger charge is 2.19. The average Bonchev–Trinajstić information content (AvgIpc) is 2.56. The van der Waals surface area contributed by atoms with E-state index in [-0.39, 0.29) is 6.04 Å². The van der Waals surface area contributed by atoms with Gasteiger partial charge in [0.15, 0.2) is 5.96 Å². The van der Waals surface area contributed by atoms with Gasteiger partial charge in [0.1, 0.15) is 0 Å². The first-order chi connectivity index (χ1) is 11.1. The third-order valence-corrected chi connectivity index (χ3v) is 5.01. The van der Waals surface area contributed by atoms with E-state index in [1.807, 2.05) is 0 Å². The van der Waals surface area contributed by atoms with E-state index in [9.17, 15) is 0 Å². The van der Waals surface area contributed by atoms with Crippen LogP contribution in [0.3, 0.4) is 0 Å². The molecule has 0 bridgehead atoms. The van der Waals surface area contributed by atoms with Crippen LogP contribution in [-0.2, 0) is 0 Å². The van der Waals surface area contributed by atoms with Crippen molar-refractivity contribution in [3.8, 4) is 0 Å². The van der Waals surface area contributed by atoms with Crippen molar-refractivity contribution in [2.75, 3.05) is 20.1 Å². The molecule has 0 saturated heterocycles. The summed E-state index contributed by atoms with van der Waals surface area (Å²) < 4.78 is 2.17. The number of nitrogens with zero attached hydrogens (tertiary/aromatic N) is 2. The lowest BCUT2D eigenvalue weighted by Crippen LogP contribution is -2.44. The largest absolute Gasteiger partial charge is 0.346 e. The molecule has 2 aromatic rings. The van der Waals surface area contributed by atoms with Crippen LogP contribution in [0.1, 0.15) is 23.6 Å². The normalized spacial score (nSPS) is 14.8. The van der Waals surface area contributed by atoms with Crippen LogP contribution in [0.25, 0.3) is 0 Å². The van der Waals surface area contributed by atoms with Gasteiger partial charge in [0, 0.05) is 29.1 Å². The molecule has 2 aromatic carbocycles. The van der Waals surface area contributed by atoms with E-state index in [0.717, 1.165) is 34.4 Å². The second-order valence-electron chi connectivity index (χ2n) is 5.66. The van der Waals surface area contributed by atoms with Crippen LogP contribution >= 0.6 is 31.9 Å². The van der Waals surface area contributed by atoms with Gasteiger partial charge in [0.05, 0.1) is 6.04 Å². The molecule has 1 aliphatic heterocycles. The predicted octanol–water partition coefficient (Wildman–Crippen LogP) is 4.58. The first-order valence-electron chi connectivity index (χ1n) is 7.66. The molecule has 0 atom stereocenters. The summed E-state index contributed by atoms with van der Waals surface area (Å²) in [6.07, 6.45) is 1.11. The van der Waals surface area contributed by atoms with Gasteiger partial charge in [-0.05, 0) is 41.8 Å². The number of benzene rings is 2. The predicted molar refractivity (Wildman–Crippen MR) is 103 cm³/mol. The molecule has 0 aliphatic carbocycles. The van der Waals surface area contributed by atoms with Crippen LogP contribution in [-0.4, -0.2) is 31.0 Å². The molecule has 23 heavy (non-hydrogen) atoms. The highest BCUT2D eigenvalue weighted by atomic mass is 79.9. The lowest BCUT2D eigenvalue weighted by Gasteiger charge is -2.30. The van der Waals surface area contributed by atoms with Crippen LogP contribution < -0.4 is 5.32 Å². The lowest BCUT2D eigenvalue weighted by atomic mass is 9.99. The van der Waals surface area contributed by atoms with Gasteiger partial charge in [-0.2, -0.15) is 0 Å². The van der Waals surface area contributed by atoms with Crippen LogP contribution in [0.4, 0.5) is 0 Å². The fraction of sp³-hybridized carbons (Fsp3) is 0.278. The number of nitrogens with one attached hydrogen (secondary N) is 1. The minimum atomic E-state index is 0.0792. The van der Waals surface area contributed by atoms with E-state index in [4.69, 9.17) is 0 Å². The van der Waals surface area contributed by atoms with Gasteiger partial charge in [0.2, 0.25) is 0 Å². The summed E-state index contributed by atoms with van der Waals surface area (Å²) in [6.45, 7) is 1.93. The molecule has 0 saturated carbocycles. The summed E-state index contributed by atoms with van der Waals surface area (Å²) in [7, 11) is 2.09. The molecule has 0 unspecified atom stereocenters. The summed E-state index contributed by atoms with van der Waals surface area (Å²) in [5.74, 6) is 0.965. The Morgan fingerprint density at radius 3 is 1.96 bits per heavy atom. The van der Waals surface area contributed by atoms with Crippen molar-refractivity contribution in [3.63, 3.8) is 0 Å². The summed E-state index contributed by atoms with van der Waals surface area (Å²) in [5, 5.41) is 3.62. The molecule has 0 fully saturated rings. The summed E-state index contributed by atoms with van der Waals surface area (Å²) in [4.78, 5) is 6.84. The molecule has 0 amide bonds. The quantitative estimate of drug-likeness (QED) is 0.762. The minimum absolute atomic E-state index is 0.0792. The maximum atomic E-state index is 4.65. The van der Waals surface area contributed by atoms with E-state index < -0.39 is 0 Å². The van der Waals surface area contributed by atoms with Crippen molar-refractivity contribution in [2.45, 2.75) is 12.5 Å². The van der Waals surface area contributed by atoms with Gasteiger partial charge in [-0.15, -0.1) is 0 Å². The number of halogens is 2. The molecule has 3 rings (SSSR count). The van der Waals surface area contributed by atoms with Crippen LogP contribution in [0.15, 0.2) is 62.5 Å². The molecule has 3 nitrogen and oxygen atoms in total. The first-order valence-corrected chi connectivity index (χ1v) is 9.25. The van der Waals surface area contributed by atoms with Gasteiger partial charge < -0.3 is 10.2 Å². The molecular weight excluding hydrogens is 418 g/mol. The van der Waals surface area contributed by atoms with Gasteiger partial charge in [-0.3, -0.25) is 4.99 Å². The fourth-order valence-corrected chi connectivity index (χ4v) is 3.20. The highest BCUT2D eigenvalue weighted by Crippen LogP contribution is 2.25. The Bertz CT molecular complexity index is 635. The van der Waals surface area contributed by atoms with Crippen LogP contribution in [0.2, 0.25) is 0 Å². The van der Waals surface area contributed by atoms with Gasteiger partial charge >= 0.3 is 0 Å². The number of aliphatic imine (C=N–C) groups is 1. The van der Waals surface area contributed by atoms with E-state index in [1.165, 1.54) is 11.1 Å². The Kier molecular flexibility index (Phi) is 5.38. The Hall–Kier alpha value is -1.33. The molecule has 0 radical (unpaired) electrons. The zero-order chi connectivity index (χ0) is 16.2. The fourth-order valence-electron chi connectivity index (χ4n) is 2.67. The second-order valence-corrected chi connectivity index (χ2v) is 7.49. The molecular formula is C18H19Br2N3. The van der Waals surface area contributed by atoms with Crippen LogP contribution in [0, 0.1) is 0 Å². The Labute approximate surface area is 154 Å². The Balaban J connectivity index is 1.94. The number of hydrogen-bond donors (Lipinski definition) is 1. The molecule has 120 valence electrons. The van der Waals surface area contributed by atoms with Crippen molar-refractivity contribution in [2.24, 2.45) is 4.99 Å². The number of guanidine groups is 1. The number of hydrogen-bond acceptors (Lipinski definition) is 3. The zero-order valence-corrected chi connectivity index (χ0v) is 16.1. The van der Waals surface area contributed by atoms with E-state index in [1.54, 1.807) is 0 Å². The molecule has 1 aliphatic rings. The second kappa shape index (κ2) is 7.49. The monoisotopic (exact) mass is 435 g/mol. The maximum absolute atomic E-state index is 4.65. The van der Waals surface area contributed by atoms with Gasteiger partial charge in [-0.1, -0.05) is 56.1 Å². The van der Waals surface area contributed by atoms with Crippen molar-refractivity contribution in [3.05, 3.63) is 68.6 Å². The van der Waals surface area contributed by atoms with E-state index in [0.29, 0.717) is 0 Å².